The summed E-state index contributed by atoms with van der Waals surface area (Å²) < 4.78 is 16.5. The van der Waals surface area contributed by atoms with Gasteiger partial charge in [-0.2, -0.15) is 10.2 Å². The van der Waals surface area contributed by atoms with Crippen molar-refractivity contribution in [2.45, 2.75) is 26.4 Å². The number of nitrogens with one attached hydrogen (secondary N) is 1. The van der Waals surface area contributed by atoms with Crippen LogP contribution in [0.1, 0.15) is 24.2 Å². The van der Waals surface area contributed by atoms with Crippen LogP contribution in [0, 0.1) is 22.9 Å². The third-order valence-electron chi connectivity index (χ3n) is 4.14. The maximum atomic E-state index is 13.7. The molecule has 10 heteroatoms. The smallest absolute Gasteiger partial charge is 0.307 e. The Hall–Kier alpha value is -3.56. The molecule has 0 radical (unpaired) electrons. The fourth-order valence-corrected chi connectivity index (χ4v) is 2.64. The van der Waals surface area contributed by atoms with Crippen molar-refractivity contribution in [2.24, 2.45) is 0 Å². The Bertz CT molecular complexity index is 996. The van der Waals surface area contributed by atoms with E-state index in [1.807, 2.05) is 0 Å². The van der Waals surface area contributed by atoms with Gasteiger partial charge in [-0.1, -0.05) is 18.2 Å². The average molecular weight is 372 g/mol. The highest BCUT2D eigenvalue weighted by atomic mass is 19.1. The highest BCUT2D eigenvalue weighted by Gasteiger charge is 2.24. The van der Waals surface area contributed by atoms with Crippen LogP contribution in [0.4, 0.5) is 15.9 Å². The molecule has 0 aliphatic rings. The summed E-state index contributed by atoms with van der Waals surface area (Å²) in [5, 5.41) is 21.7. The Balaban J connectivity index is 1.69. The van der Waals surface area contributed by atoms with Gasteiger partial charge >= 0.3 is 5.69 Å². The summed E-state index contributed by atoms with van der Waals surface area (Å²) in [6.07, 6.45) is 2.74. The normalized spacial score (nSPS) is 12.0. The Morgan fingerprint density at radius 1 is 1.37 bits per heavy atom. The molecule has 3 aromatic rings. The molecule has 0 spiro atoms. The predicted molar refractivity (Wildman–Crippen MR) is 94.7 cm³/mol. The van der Waals surface area contributed by atoms with E-state index in [0.717, 1.165) is 6.20 Å². The largest absolute Gasteiger partial charge is 0.309 e. The molecule has 0 saturated carbocycles. The second-order valence-electron chi connectivity index (χ2n) is 5.97. The first-order valence-electron chi connectivity index (χ1n) is 8.13. The van der Waals surface area contributed by atoms with E-state index in [1.54, 1.807) is 37.4 Å². The second-order valence-corrected chi connectivity index (χ2v) is 5.97. The van der Waals surface area contributed by atoms with Crippen molar-refractivity contribution in [3.8, 4) is 0 Å². The van der Waals surface area contributed by atoms with Crippen LogP contribution in [-0.2, 0) is 11.3 Å². The maximum absolute atomic E-state index is 13.7. The van der Waals surface area contributed by atoms with E-state index >= 15 is 0 Å². The third kappa shape index (κ3) is 3.84. The topological polar surface area (TPSA) is 108 Å². The van der Waals surface area contributed by atoms with Crippen molar-refractivity contribution in [1.82, 2.24) is 19.6 Å². The molecule has 3 rings (SSSR count). The number of benzene rings is 1. The number of anilines is 1. The monoisotopic (exact) mass is 372 g/mol. The standard InChI is InChI=1S/C17H17FN6O3/c1-11-15(24(26)27)9-19-23(11)12(2)17(25)20-16-7-8-22(21-16)10-13-5-3-4-6-14(13)18/h3-9,12H,10H2,1-2H3,(H,20,21,25). The molecule has 0 aliphatic heterocycles. The minimum atomic E-state index is -0.768. The molecule has 1 atom stereocenters. The number of carbonyl (C=O) groups is 1. The van der Waals surface area contributed by atoms with Crippen LogP contribution in [0.3, 0.4) is 0 Å². The van der Waals surface area contributed by atoms with Crippen LogP contribution in [0.15, 0.2) is 42.7 Å². The number of nitro groups is 1. The number of hydrogen-bond acceptors (Lipinski definition) is 5. The van der Waals surface area contributed by atoms with Crippen LogP contribution in [0.5, 0.6) is 0 Å². The number of rotatable bonds is 6. The van der Waals surface area contributed by atoms with E-state index in [4.69, 9.17) is 0 Å². The van der Waals surface area contributed by atoms with Crippen LogP contribution >= 0.6 is 0 Å². The van der Waals surface area contributed by atoms with E-state index in [-0.39, 0.29) is 23.7 Å². The van der Waals surface area contributed by atoms with Crippen LogP contribution in [-0.4, -0.2) is 30.4 Å². The molecule has 0 aliphatic carbocycles. The quantitative estimate of drug-likeness (QED) is 0.529. The van der Waals surface area contributed by atoms with Gasteiger partial charge in [-0.15, -0.1) is 0 Å². The molecule has 1 N–H and O–H groups in total. The van der Waals surface area contributed by atoms with Gasteiger partial charge in [-0.25, -0.2) is 4.39 Å². The SMILES string of the molecule is Cc1c([N+](=O)[O-])cnn1C(C)C(=O)Nc1ccn(Cc2ccccc2F)n1. The van der Waals surface area contributed by atoms with Gasteiger partial charge in [0.15, 0.2) is 5.82 Å². The van der Waals surface area contributed by atoms with E-state index in [0.29, 0.717) is 11.4 Å². The lowest BCUT2D eigenvalue weighted by molar-refractivity contribution is -0.385. The second kappa shape index (κ2) is 7.36. The number of amides is 1. The first-order valence-corrected chi connectivity index (χ1v) is 8.13. The average Bonchev–Trinajstić information content (AvgIpc) is 3.22. The molecule has 0 saturated heterocycles. The molecule has 27 heavy (non-hydrogen) atoms. The Morgan fingerprint density at radius 3 is 2.78 bits per heavy atom. The fraction of sp³-hybridized carbons (Fsp3) is 0.235. The highest BCUT2D eigenvalue weighted by molar-refractivity contribution is 5.92. The summed E-state index contributed by atoms with van der Waals surface area (Å²) in [6.45, 7) is 3.33. The first-order chi connectivity index (χ1) is 12.9. The van der Waals surface area contributed by atoms with Gasteiger partial charge in [0.05, 0.1) is 11.5 Å². The minimum absolute atomic E-state index is 0.149. The van der Waals surface area contributed by atoms with Crippen molar-refractivity contribution < 1.29 is 14.1 Å². The van der Waals surface area contributed by atoms with Gasteiger partial charge in [0, 0.05) is 17.8 Å². The van der Waals surface area contributed by atoms with E-state index < -0.39 is 16.9 Å². The predicted octanol–water partition coefficient (Wildman–Crippen LogP) is 2.68. The van der Waals surface area contributed by atoms with Crippen molar-refractivity contribution in [3.05, 3.63) is 69.9 Å². The van der Waals surface area contributed by atoms with Crippen LogP contribution < -0.4 is 5.32 Å². The summed E-state index contributed by atoms with van der Waals surface area (Å²) in [7, 11) is 0. The molecule has 0 fully saturated rings. The molecule has 9 nitrogen and oxygen atoms in total. The highest BCUT2D eigenvalue weighted by Crippen LogP contribution is 2.20. The summed E-state index contributed by atoms with van der Waals surface area (Å²) in [4.78, 5) is 22.8. The van der Waals surface area contributed by atoms with Gasteiger partial charge in [-0.3, -0.25) is 24.3 Å². The first kappa shape index (κ1) is 18.2. The summed E-state index contributed by atoms with van der Waals surface area (Å²) in [5.74, 6) is -0.460. The fourth-order valence-electron chi connectivity index (χ4n) is 2.64. The molecular formula is C17H17FN6O3. The Labute approximate surface area is 153 Å². The van der Waals surface area contributed by atoms with E-state index in [2.05, 4.69) is 15.5 Å². The van der Waals surface area contributed by atoms with Crippen molar-refractivity contribution in [3.63, 3.8) is 0 Å². The Kier molecular flexibility index (Phi) is 4.97. The van der Waals surface area contributed by atoms with Gasteiger partial charge in [0.25, 0.3) is 0 Å². The molecule has 0 bridgehead atoms. The molecule has 1 amide bonds. The van der Waals surface area contributed by atoms with Gasteiger partial charge < -0.3 is 5.32 Å². The Morgan fingerprint density at radius 2 is 2.11 bits per heavy atom. The molecular weight excluding hydrogens is 355 g/mol. The van der Waals surface area contributed by atoms with E-state index in [1.165, 1.54) is 22.4 Å². The van der Waals surface area contributed by atoms with E-state index in [9.17, 15) is 19.3 Å². The van der Waals surface area contributed by atoms with Crippen LogP contribution in [0.25, 0.3) is 0 Å². The number of carbonyl (C=O) groups excluding carboxylic acids is 1. The van der Waals surface area contributed by atoms with Gasteiger partial charge in [0.2, 0.25) is 5.91 Å². The van der Waals surface area contributed by atoms with Crippen molar-refractivity contribution >= 4 is 17.4 Å². The summed E-state index contributed by atoms with van der Waals surface area (Å²) >= 11 is 0. The van der Waals surface area contributed by atoms with Gasteiger partial charge in [-0.05, 0) is 19.9 Å². The number of nitrogens with zero attached hydrogens (tertiary/aromatic N) is 5. The lowest BCUT2D eigenvalue weighted by Crippen LogP contribution is -2.25. The molecule has 2 aromatic heterocycles. The molecule has 2 heterocycles. The minimum Gasteiger partial charge on any atom is -0.307 e. The zero-order valence-electron chi connectivity index (χ0n) is 14.7. The number of halogens is 1. The maximum Gasteiger partial charge on any atom is 0.309 e. The number of hydrogen-bond donors (Lipinski definition) is 1. The van der Waals surface area contributed by atoms with Gasteiger partial charge in [0.1, 0.15) is 23.7 Å². The molecule has 140 valence electrons. The third-order valence-corrected chi connectivity index (χ3v) is 4.14. The summed E-state index contributed by atoms with van der Waals surface area (Å²) in [5.41, 5.74) is 0.614. The van der Waals surface area contributed by atoms with Crippen molar-refractivity contribution in [2.75, 3.05) is 5.32 Å². The summed E-state index contributed by atoms with van der Waals surface area (Å²) in [6, 6.07) is 7.19. The zero-order chi connectivity index (χ0) is 19.6. The number of aromatic nitrogens is 4. The lowest BCUT2D eigenvalue weighted by Gasteiger charge is -2.12. The lowest BCUT2D eigenvalue weighted by atomic mass is 10.2. The molecule has 1 unspecified atom stereocenters. The van der Waals surface area contributed by atoms with Crippen molar-refractivity contribution in [1.29, 1.82) is 0 Å². The van der Waals surface area contributed by atoms with Crippen LogP contribution in [0.2, 0.25) is 0 Å². The zero-order valence-corrected chi connectivity index (χ0v) is 14.7. The molecule has 1 aromatic carbocycles.